The van der Waals surface area contributed by atoms with Gasteiger partial charge in [0.15, 0.2) is 0 Å². The fourth-order valence-electron chi connectivity index (χ4n) is 2.56. The fraction of sp³-hybridized carbons (Fsp3) is 0.333. The zero-order valence-electron chi connectivity index (χ0n) is 12.6. The summed E-state index contributed by atoms with van der Waals surface area (Å²) < 4.78 is 40.1. The van der Waals surface area contributed by atoms with Crippen molar-refractivity contribution >= 4 is 23.3 Å². The Hall–Kier alpha value is -2.22. The molecule has 9 heteroatoms. The third-order valence-electron chi connectivity index (χ3n) is 4.14. The van der Waals surface area contributed by atoms with E-state index < -0.39 is 23.2 Å². The van der Waals surface area contributed by atoms with Gasteiger partial charge in [-0.25, -0.2) is 0 Å². The van der Waals surface area contributed by atoms with Crippen molar-refractivity contribution in [2.75, 3.05) is 5.73 Å². The molecule has 0 radical (unpaired) electrons. The van der Waals surface area contributed by atoms with Crippen LogP contribution in [0, 0.1) is 0 Å². The third-order valence-corrected chi connectivity index (χ3v) is 4.47. The van der Waals surface area contributed by atoms with E-state index in [1.165, 1.54) is 16.9 Å². The average molecular weight is 359 g/mol. The number of anilines is 1. The van der Waals surface area contributed by atoms with Gasteiger partial charge in [0.2, 0.25) is 0 Å². The molecule has 1 amide bonds. The lowest BCUT2D eigenvalue weighted by atomic mass is 10.0. The number of amides is 1. The number of carbonyl (C=O) groups is 1. The van der Waals surface area contributed by atoms with Gasteiger partial charge >= 0.3 is 6.18 Å². The second kappa shape index (κ2) is 5.41. The highest BCUT2D eigenvalue weighted by Crippen LogP contribution is 2.49. The lowest BCUT2D eigenvalue weighted by Crippen LogP contribution is -2.35. The monoisotopic (exact) mass is 358 g/mol. The van der Waals surface area contributed by atoms with Crippen molar-refractivity contribution in [2.45, 2.75) is 24.6 Å². The maximum absolute atomic E-state index is 12.9. The normalized spacial score (nSPS) is 16.0. The Labute approximate surface area is 140 Å². The number of hydrogen-bond acceptors (Lipinski definition) is 3. The van der Waals surface area contributed by atoms with E-state index >= 15 is 0 Å². The van der Waals surface area contributed by atoms with Crippen molar-refractivity contribution in [1.29, 1.82) is 0 Å². The highest BCUT2D eigenvalue weighted by atomic mass is 35.5. The molecule has 1 heterocycles. The van der Waals surface area contributed by atoms with Gasteiger partial charge in [0.05, 0.1) is 17.3 Å². The van der Waals surface area contributed by atoms with Crippen LogP contribution in [0.1, 0.15) is 34.3 Å². The van der Waals surface area contributed by atoms with Gasteiger partial charge in [-0.15, -0.1) is 0 Å². The molecular formula is C15H14ClF3N4O. The SMILES string of the molecule is Cn1ncc(C(=O)NC2(c3cc(C(F)(F)F)ccc3Cl)CC2)c1N. The summed E-state index contributed by atoms with van der Waals surface area (Å²) in [5.41, 5.74) is 4.48. The van der Waals surface area contributed by atoms with Crippen LogP contribution in [0.5, 0.6) is 0 Å². The molecule has 128 valence electrons. The van der Waals surface area contributed by atoms with Crippen molar-refractivity contribution in [3.8, 4) is 0 Å². The predicted octanol–water partition coefficient (Wildman–Crippen LogP) is 3.09. The Morgan fingerprint density at radius 1 is 1.42 bits per heavy atom. The van der Waals surface area contributed by atoms with Crippen LogP contribution in [0.4, 0.5) is 19.0 Å². The minimum Gasteiger partial charge on any atom is -0.383 e. The van der Waals surface area contributed by atoms with Gasteiger partial charge in [-0.1, -0.05) is 11.6 Å². The Kier molecular flexibility index (Phi) is 3.75. The van der Waals surface area contributed by atoms with Gasteiger partial charge in [-0.05, 0) is 36.6 Å². The summed E-state index contributed by atoms with van der Waals surface area (Å²) in [7, 11) is 1.59. The van der Waals surface area contributed by atoms with E-state index in [0.717, 1.165) is 12.1 Å². The molecule has 2 aromatic rings. The van der Waals surface area contributed by atoms with Crippen LogP contribution in [0.15, 0.2) is 24.4 Å². The van der Waals surface area contributed by atoms with Crippen LogP contribution >= 0.6 is 11.6 Å². The number of benzene rings is 1. The van der Waals surface area contributed by atoms with E-state index in [1.54, 1.807) is 7.05 Å². The number of carbonyl (C=O) groups excluding carboxylic acids is 1. The zero-order valence-corrected chi connectivity index (χ0v) is 13.4. The molecule has 1 aliphatic carbocycles. The Morgan fingerprint density at radius 3 is 2.58 bits per heavy atom. The fourth-order valence-corrected chi connectivity index (χ4v) is 2.86. The average Bonchev–Trinajstić information content (AvgIpc) is 3.18. The van der Waals surface area contributed by atoms with Gasteiger partial charge in [0, 0.05) is 12.1 Å². The lowest BCUT2D eigenvalue weighted by Gasteiger charge is -2.20. The van der Waals surface area contributed by atoms with Crippen LogP contribution in [-0.2, 0) is 18.8 Å². The van der Waals surface area contributed by atoms with Crippen molar-refractivity contribution in [3.63, 3.8) is 0 Å². The third kappa shape index (κ3) is 2.82. The molecule has 0 saturated heterocycles. The number of nitrogens with one attached hydrogen (secondary N) is 1. The number of alkyl halides is 3. The summed E-state index contributed by atoms with van der Waals surface area (Å²) >= 11 is 6.08. The van der Waals surface area contributed by atoms with Gasteiger partial charge < -0.3 is 11.1 Å². The number of hydrogen-bond donors (Lipinski definition) is 2. The van der Waals surface area contributed by atoms with Gasteiger partial charge in [-0.2, -0.15) is 18.3 Å². The smallest absolute Gasteiger partial charge is 0.383 e. The Morgan fingerprint density at radius 2 is 2.08 bits per heavy atom. The molecule has 3 N–H and O–H groups in total. The number of aryl methyl sites for hydroxylation is 1. The van der Waals surface area contributed by atoms with Crippen molar-refractivity contribution in [3.05, 3.63) is 46.1 Å². The molecule has 0 spiro atoms. The summed E-state index contributed by atoms with van der Waals surface area (Å²) in [4.78, 5) is 12.4. The summed E-state index contributed by atoms with van der Waals surface area (Å²) in [6.45, 7) is 0. The maximum atomic E-state index is 12.9. The van der Waals surface area contributed by atoms with E-state index in [2.05, 4.69) is 10.4 Å². The number of aromatic nitrogens is 2. The molecule has 0 unspecified atom stereocenters. The van der Waals surface area contributed by atoms with Gasteiger partial charge in [0.25, 0.3) is 5.91 Å². The van der Waals surface area contributed by atoms with Gasteiger partial charge in [0.1, 0.15) is 11.4 Å². The minimum atomic E-state index is -4.48. The first-order valence-corrected chi connectivity index (χ1v) is 7.49. The molecule has 0 bridgehead atoms. The number of halogens is 4. The first-order valence-electron chi connectivity index (χ1n) is 7.11. The van der Waals surface area contributed by atoms with Crippen molar-refractivity contribution < 1.29 is 18.0 Å². The highest BCUT2D eigenvalue weighted by Gasteiger charge is 2.48. The molecule has 1 aromatic heterocycles. The molecule has 0 atom stereocenters. The predicted molar refractivity (Wildman–Crippen MR) is 82.5 cm³/mol. The first kappa shape index (κ1) is 16.6. The molecule has 3 rings (SSSR count). The number of nitrogen functional groups attached to an aromatic ring is 1. The molecule has 1 saturated carbocycles. The Bertz CT molecular complexity index is 812. The molecule has 5 nitrogen and oxygen atoms in total. The van der Waals surface area contributed by atoms with E-state index in [4.69, 9.17) is 17.3 Å². The number of nitrogens with two attached hydrogens (primary N) is 1. The highest BCUT2D eigenvalue weighted by molar-refractivity contribution is 6.31. The summed E-state index contributed by atoms with van der Waals surface area (Å²) in [5, 5.41) is 6.81. The van der Waals surface area contributed by atoms with E-state index in [1.807, 2.05) is 0 Å². The van der Waals surface area contributed by atoms with Crippen LogP contribution in [0.25, 0.3) is 0 Å². The molecule has 0 aliphatic heterocycles. The summed E-state index contributed by atoms with van der Waals surface area (Å²) in [6, 6.07) is 3.11. The van der Waals surface area contributed by atoms with E-state index in [9.17, 15) is 18.0 Å². The standard InChI is InChI=1S/C15H14ClF3N4O/c1-23-12(20)9(7-21-23)13(24)22-14(4-5-14)10-6-8(15(17,18)19)2-3-11(10)16/h2-3,6-7H,4-5,20H2,1H3,(H,22,24). The molecule has 24 heavy (non-hydrogen) atoms. The largest absolute Gasteiger partial charge is 0.416 e. The topological polar surface area (TPSA) is 72.9 Å². The van der Waals surface area contributed by atoms with E-state index in [0.29, 0.717) is 12.8 Å². The van der Waals surface area contributed by atoms with Crippen molar-refractivity contribution in [2.24, 2.45) is 7.05 Å². The number of nitrogens with zero attached hydrogens (tertiary/aromatic N) is 2. The minimum absolute atomic E-state index is 0.173. The molecule has 1 aromatic carbocycles. The lowest BCUT2D eigenvalue weighted by molar-refractivity contribution is -0.137. The second-order valence-corrected chi connectivity index (χ2v) is 6.20. The Balaban J connectivity index is 1.92. The summed E-state index contributed by atoms with van der Waals surface area (Å²) in [5.74, 6) is -0.315. The zero-order chi connectivity index (χ0) is 17.7. The van der Waals surface area contributed by atoms with Crippen molar-refractivity contribution in [1.82, 2.24) is 15.1 Å². The van der Waals surface area contributed by atoms with Crippen LogP contribution < -0.4 is 11.1 Å². The maximum Gasteiger partial charge on any atom is 0.416 e. The quantitative estimate of drug-likeness (QED) is 0.885. The summed E-state index contributed by atoms with van der Waals surface area (Å²) in [6.07, 6.45) is -2.17. The first-order chi connectivity index (χ1) is 11.1. The van der Waals surface area contributed by atoms with Crippen LogP contribution in [0.3, 0.4) is 0 Å². The van der Waals surface area contributed by atoms with E-state index in [-0.39, 0.29) is 22.0 Å². The second-order valence-electron chi connectivity index (χ2n) is 5.80. The van der Waals surface area contributed by atoms with Gasteiger partial charge in [-0.3, -0.25) is 9.48 Å². The molecule has 1 aliphatic rings. The molecule has 1 fully saturated rings. The van der Waals surface area contributed by atoms with Crippen LogP contribution in [-0.4, -0.2) is 15.7 Å². The van der Waals surface area contributed by atoms with Crippen LogP contribution in [0.2, 0.25) is 5.02 Å². The number of rotatable bonds is 3. The molecular weight excluding hydrogens is 345 g/mol.